The predicted octanol–water partition coefficient (Wildman–Crippen LogP) is 4.32. The lowest BCUT2D eigenvalue weighted by atomic mass is 10.3. The van der Waals surface area contributed by atoms with E-state index in [4.69, 9.17) is 32.9 Å². The molecule has 4 nitrogen and oxygen atoms in total. The highest BCUT2D eigenvalue weighted by Gasteiger charge is 2.29. The van der Waals surface area contributed by atoms with Crippen LogP contribution in [0.3, 0.4) is 0 Å². The van der Waals surface area contributed by atoms with Crippen LogP contribution in [0.2, 0.25) is 10.0 Å². The van der Waals surface area contributed by atoms with Crippen LogP contribution in [-0.4, -0.2) is 29.2 Å². The molecule has 6 heteroatoms. The Morgan fingerprint density at radius 2 is 1.96 bits per heavy atom. The molecule has 2 fully saturated rings. The maximum absolute atomic E-state index is 6.04. The van der Waals surface area contributed by atoms with Crippen LogP contribution in [0.5, 0.6) is 5.75 Å². The Hall–Kier alpha value is -1.52. The molecule has 1 saturated carbocycles. The van der Waals surface area contributed by atoms with Gasteiger partial charge in [-0.1, -0.05) is 23.2 Å². The molecular weight excluding hydrogens is 333 g/mol. The maximum Gasteiger partial charge on any atom is 0.133 e. The van der Waals surface area contributed by atoms with Crippen molar-refractivity contribution in [3.63, 3.8) is 0 Å². The second-order valence-electron chi connectivity index (χ2n) is 6.10. The fraction of sp³-hybridized carbons (Fsp3) is 0.412. The molecule has 1 aromatic carbocycles. The van der Waals surface area contributed by atoms with E-state index in [2.05, 4.69) is 9.88 Å². The van der Waals surface area contributed by atoms with Crippen LogP contribution in [0.1, 0.15) is 31.0 Å². The van der Waals surface area contributed by atoms with Gasteiger partial charge in [0, 0.05) is 31.1 Å². The van der Waals surface area contributed by atoms with Crippen LogP contribution in [0, 0.1) is 0 Å². The Kier molecular flexibility index (Phi) is 4.04. The average Bonchev–Trinajstić information content (AvgIpc) is 3.31. The van der Waals surface area contributed by atoms with Gasteiger partial charge in [0.2, 0.25) is 0 Å². The summed E-state index contributed by atoms with van der Waals surface area (Å²) in [5, 5.41) is 1.06. The van der Waals surface area contributed by atoms with E-state index >= 15 is 0 Å². The molecule has 0 bridgehead atoms. The van der Waals surface area contributed by atoms with E-state index in [0.29, 0.717) is 16.0 Å². The third-order valence-electron chi connectivity index (χ3n) is 4.26. The fourth-order valence-corrected chi connectivity index (χ4v) is 3.14. The molecular formula is C17H17Cl2N3O. The van der Waals surface area contributed by atoms with Crippen molar-refractivity contribution in [1.82, 2.24) is 9.97 Å². The lowest BCUT2D eigenvalue weighted by molar-refractivity contribution is 0.225. The minimum atomic E-state index is 0.131. The largest absolute Gasteiger partial charge is 0.488 e. The van der Waals surface area contributed by atoms with Crippen molar-refractivity contribution in [3.8, 4) is 5.75 Å². The molecule has 2 heterocycles. The first-order valence-corrected chi connectivity index (χ1v) is 8.64. The number of nitrogens with zero attached hydrogens (tertiary/aromatic N) is 3. The van der Waals surface area contributed by atoms with Crippen molar-refractivity contribution in [1.29, 1.82) is 0 Å². The zero-order valence-electron chi connectivity index (χ0n) is 12.6. The number of hydrogen-bond donors (Lipinski definition) is 0. The van der Waals surface area contributed by atoms with Gasteiger partial charge in [-0.05, 0) is 31.0 Å². The molecule has 4 rings (SSSR count). The van der Waals surface area contributed by atoms with Crippen molar-refractivity contribution in [2.24, 2.45) is 0 Å². The molecule has 2 aliphatic rings. The van der Waals surface area contributed by atoms with E-state index in [1.807, 2.05) is 18.3 Å². The highest BCUT2D eigenvalue weighted by Crippen LogP contribution is 2.38. The van der Waals surface area contributed by atoms with Gasteiger partial charge < -0.3 is 9.64 Å². The highest BCUT2D eigenvalue weighted by atomic mass is 35.5. The monoisotopic (exact) mass is 349 g/mol. The number of benzene rings is 1. The van der Waals surface area contributed by atoms with Gasteiger partial charge >= 0.3 is 0 Å². The third kappa shape index (κ3) is 3.38. The minimum absolute atomic E-state index is 0.131. The number of rotatable bonds is 4. The Morgan fingerprint density at radius 1 is 1.09 bits per heavy atom. The van der Waals surface area contributed by atoms with Gasteiger partial charge in [0.25, 0.3) is 0 Å². The second-order valence-corrected chi connectivity index (χ2v) is 6.91. The van der Waals surface area contributed by atoms with Crippen LogP contribution < -0.4 is 9.64 Å². The third-order valence-corrected chi connectivity index (χ3v) is 5.00. The van der Waals surface area contributed by atoms with Gasteiger partial charge in [0.15, 0.2) is 0 Å². The van der Waals surface area contributed by atoms with Crippen LogP contribution in [0.25, 0.3) is 0 Å². The Bertz CT molecular complexity index is 721. The van der Waals surface area contributed by atoms with Crippen molar-refractivity contribution in [3.05, 3.63) is 46.3 Å². The van der Waals surface area contributed by atoms with Crippen LogP contribution >= 0.6 is 23.2 Å². The maximum atomic E-state index is 6.04. The van der Waals surface area contributed by atoms with E-state index in [-0.39, 0.29) is 6.10 Å². The van der Waals surface area contributed by atoms with Crippen molar-refractivity contribution < 1.29 is 4.74 Å². The number of halogens is 2. The molecule has 0 N–H and O–H groups in total. The van der Waals surface area contributed by atoms with E-state index in [0.717, 1.165) is 36.9 Å². The van der Waals surface area contributed by atoms with Crippen LogP contribution in [0.15, 0.2) is 30.5 Å². The van der Waals surface area contributed by atoms with Crippen LogP contribution in [0.4, 0.5) is 5.82 Å². The molecule has 120 valence electrons. The smallest absolute Gasteiger partial charge is 0.133 e. The van der Waals surface area contributed by atoms with Crippen LogP contribution in [-0.2, 0) is 0 Å². The topological polar surface area (TPSA) is 38.2 Å². The summed E-state index contributed by atoms with van der Waals surface area (Å²) < 4.78 is 6.02. The SMILES string of the molecule is Clc1ccc(OC2CCN(c3ccnc(C4CC4)n3)C2)cc1Cl. The molecule has 1 unspecified atom stereocenters. The predicted molar refractivity (Wildman–Crippen MR) is 91.7 cm³/mol. The number of ether oxygens (including phenoxy) is 1. The summed E-state index contributed by atoms with van der Waals surface area (Å²) in [7, 11) is 0. The normalized spacial score (nSPS) is 20.8. The quantitative estimate of drug-likeness (QED) is 0.823. The molecule has 2 aromatic rings. The fourth-order valence-electron chi connectivity index (χ4n) is 2.85. The van der Waals surface area contributed by atoms with E-state index in [1.54, 1.807) is 12.1 Å². The zero-order valence-corrected chi connectivity index (χ0v) is 14.1. The van der Waals surface area contributed by atoms with Crippen molar-refractivity contribution in [2.75, 3.05) is 18.0 Å². The molecule has 0 radical (unpaired) electrons. The summed E-state index contributed by atoms with van der Waals surface area (Å²) in [6.07, 6.45) is 5.39. The second kappa shape index (κ2) is 6.17. The van der Waals surface area contributed by atoms with Gasteiger partial charge in [-0.15, -0.1) is 0 Å². The molecule has 0 spiro atoms. The zero-order chi connectivity index (χ0) is 15.8. The number of hydrogen-bond acceptors (Lipinski definition) is 4. The van der Waals surface area contributed by atoms with Gasteiger partial charge in [-0.3, -0.25) is 0 Å². The summed E-state index contributed by atoms with van der Waals surface area (Å²) in [6, 6.07) is 7.36. The Labute approximate surface area is 145 Å². The van der Waals surface area contributed by atoms with E-state index in [1.165, 1.54) is 12.8 Å². The van der Waals surface area contributed by atoms with E-state index in [9.17, 15) is 0 Å². The molecule has 1 aliphatic carbocycles. The first-order chi connectivity index (χ1) is 11.2. The Morgan fingerprint density at radius 3 is 2.74 bits per heavy atom. The average molecular weight is 350 g/mol. The molecule has 1 aromatic heterocycles. The lowest BCUT2D eigenvalue weighted by Gasteiger charge is -2.18. The summed E-state index contributed by atoms with van der Waals surface area (Å²) in [5.41, 5.74) is 0. The first-order valence-electron chi connectivity index (χ1n) is 7.88. The molecule has 1 atom stereocenters. The van der Waals surface area contributed by atoms with Gasteiger partial charge in [0.05, 0.1) is 16.6 Å². The van der Waals surface area contributed by atoms with Crippen molar-refractivity contribution in [2.45, 2.75) is 31.3 Å². The van der Waals surface area contributed by atoms with E-state index < -0.39 is 0 Å². The first kappa shape index (κ1) is 15.0. The summed E-state index contributed by atoms with van der Waals surface area (Å²) in [6.45, 7) is 1.76. The number of aromatic nitrogens is 2. The molecule has 0 amide bonds. The van der Waals surface area contributed by atoms with Gasteiger partial charge in [-0.2, -0.15) is 0 Å². The molecule has 1 aliphatic heterocycles. The molecule has 1 saturated heterocycles. The summed E-state index contributed by atoms with van der Waals surface area (Å²) in [5.74, 6) is 3.31. The van der Waals surface area contributed by atoms with Gasteiger partial charge in [-0.25, -0.2) is 9.97 Å². The molecule has 23 heavy (non-hydrogen) atoms. The van der Waals surface area contributed by atoms with Gasteiger partial charge in [0.1, 0.15) is 23.5 Å². The van der Waals surface area contributed by atoms with Crippen molar-refractivity contribution >= 4 is 29.0 Å². The Balaban J connectivity index is 1.42. The lowest BCUT2D eigenvalue weighted by Crippen LogP contribution is -2.25. The number of anilines is 1. The highest BCUT2D eigenvalue weighted by molar-refractivity contribution is 6.42. The standard InChI is InChI=1S/C17H17Cl2N3O/c18-14-4-3-12(9-15(14)19)23-13-6-8-22(10-13)16-5-7-20-17(21-16)11-1-2-11/h3-5,7,9,11,13H,1-2,6,8,10H2. The minimum Gasteiger partial charge on any atom is -0.488 e. The summed E-state index contributed by atoms with van der Waals surface area (Å²) >= 11 is 12.0. The summed E-state index contributed by atoms with van der Waals surface area (Å²) in [4.78, 5) is 11.3.